The number of rotatable bonds is 2. The minimum absolute atomic E-state index is 0.0848. The monoisotopic (exact) mass is 334 g/mol. The van der Waals surface area contributed by atoms with Crippen molar-refractivity contribution in [3.05, 3.63) is 53.0 Å². The Bertz CT molecular complexity index is 641. The fraction of sp³-hybridized carbons (Fsp3) is 0. The first-order valence-electron chi connectivity index (χ1n) is 5.71. The zero-order valence-corrected chi connectivity index (χ0v) is 11.8. The number of halogens is 1. The fourth-order valence-electron chi connectivity index (χ4n) is 1.49. The van der Waals surface area contributed by atoms with E-state index in [-0.39, 0.29) is 5.75 Å². The van der Waals surface area contributed by atoms with Gasteiger partial charge in [-0.25, -0.2) is 0 Å². The van der Waals surface area contributed by atoms with Crippen molar-refractivity contribution in [2.45, 2.75) is 0 Å². The van der Waals surface area contributed by atoms with E-state index in [1.165, 1.54) is 24.3 Å². The van der Waals surface area contributed by atoms with Gasteiger partial charge in [-0.1, -0.05) is 22.0 Å². The van der Waals surface area contributed by atoms with Gasteiger partial charge in [-0.15, -0.1) is 0 Å². The minimum Gasteiger partial charge on any atom is -0.508 e. The molecule has 2 amide bonds. The third-order valence-electron chi connectivity index (χ3n) is 2.41. The van der Waals surface area contributed by atoms with Gasteiger partial charge in [0.05, 0.1) is 0 Å². The molecule has 6 heteroatoms. The van der Waals surface area contributed by atoms with Crippen LogP contribution in [0.3, 0.4) is 0 Å². The quantitative estimate of drug-likeness (QED) is 0.583. The van der Waals surface area contributed by atoms with Crippen LogP contribution in [0.2, 0.25) is 0 Å². The average molecular weight is 335 g/mol. The topological polar surface area (TPSA) is 78.4 Å². The van der Waals surface area contributed by atoms with Crippen molar-refractivity contribution in [1.29, 1.82) is 0 Å². The van der Waals surface area contributed by atoms with Gasteiger partial charge in [0, 0.05) is 15.8 Å². The number of carbonyl (C=O) groups is 2. The molecular weight excluding hydrogens is 324 g/mol. The van der Waals surface area contributed by atoms with Crippen LogP contribution in [0.5, 0.6) is 5.75 Å². The van der Waals surface area contributed by atoms with Crippen molar-refractivity contribution in [2.75, 3.05) is 10.6 Å². The van der Waals surface area contributed by atoms with Gasteiger partial charge >= 0.3 is 11.8 Å². The molecule has 0 aromatic heterocycles. The lowest BCUT2D eigenvalue weighted by Gasteiger charge is -2.06. The van der Waals surface area contributed by atoms with Crippen LogP contribution in [0, 0.1) is 0 Å². The first-order chi connectivity index (χ1) is 9.54. The third-order valence-corrected chi connectivity index (χ3v) is 2.91. The molecule has 0 bridgehead atoms. The molecule has 2 rings (SSSR count). The molecule has 0 fully saturated rings. The first-order valence-corrected chi connectivity index (χ1v) is 6.51. The lowest BCUT2D eigenvalue weighted by molar-refractivity contribution is -0.132. The second kappa shape index (κ2) is 6.21. The van der Waals surface area contributed by atoms with E-state index in [0.717, 1.165) is 4.47 Å². The molecule has 0 heterocycles. The molecule has 0 aliphatic carbocycles. The van der Waals surface area contributed by atoms with E-state index < -0.39 is 11.8 Å². The van der Waals surface area contributed by atoms with Gasteiger partial charge in [0.1, 0.15) is 5.75 Å². The van der Waals surface area contributed by atoms with Crippen LogP contribution < -0.4 is 10.6 Å². The summed E-state index contributed by atoms with van der Waals surface area (Å²) in [6.45, 7) is 0. The maximum atomic E-state index is 11.7. The van der Waals surface area contributed by atoms with Crippen LogP contribution >= 0.6 is 15.9 Å². The van der Waals surface area contributed by atoms with E-state index in [9.17, 15) is 9.59 Å². The highest BCUT2D eigenvalue weighted by atomic mass is 79.9. The molecule has 0 aliphatic heterocycles. The second-order valence-corrected chi connectivity index (χ2v) is 4.88. The van der Waals surface area contributed by atoms with E-state index in [1.54, 1.807) is 18.2 Å². The molecule has 20 heavy (non-hydrogen) atoms. The Balaban J connectivity index is 1.98. The van der Waals surface area contributed by atoms with Crippen LogP contribution in [0.4, 0.5) is 11.4 Å². The molecule has 0 atom stereocenters. The molecule has 2 aromatic rings. The van der Waals surface area contributed by atoms with Gasteiger partial charge in [0.15, 0.2) is 0 Å². The molecule has 102 valence electrons. The number of carbonyl (C=O) groups excluding carboxylic acids is 2. The molecular formula is C14H11BrN2O3. The predicted molar refractivity (Wildman–Crippen MR) is 79.5 cm³/mol. The summed E-state index contributed by atoms with van der Waals surface area (Å²) in [6, 6.07) is 12.8. The number of benzene rings is 2. The number of phenolic OH excluding ortho intramolecular Hbond substituents is 1. The molecule has 5 nitrogen and oxygen atoms in total. The molecule has 0 spiro atoms. The van der Waals surface area contributed by atoms with Gasteiger partial charge in [-0.2, -0.15) is 0 Å². The Morgan fingerprint density at radius 1 is 0.900 bits per heavy atom. The average Bonchev–Trinajstić information content (AvgIpc) is 2.41. The van der Waals surface area contributed by atoms with E-state index in [1.807, 2.05) is 6.07 Å². The van der Waals surface area contributed by atoms with Crippen LogP contribution in [-0.2, 0) is 9.59 Å². The van der Waals surface area contributed by atoms with Crippen molar-refractivity contribution in [3.8, 4) is 5.75 Å². The highest BCUT2D eigenvalue weighted by molar-refractivity contribution is 9.10. The third kappa shape index (κ3) is 3.83. The first kappa shape index (κ1) is 14.1. The molecule has 0 saturated heterocycles. The number of nitrogens with one attached hydrogen (secondary N) is 2. The summed E-state index contributed by atoms with van der Waals surface area (Å²) in [7, 11) is 0. The lowest BCUT2D eigenvalue weighted by Crippen LogP contribution is -2.29. The van der Waals surface area contributed by atoms with Crippen LogP contribution in [0.15, 0.2) is 53.0 Å². The van der Waals surface area contributed by atoms with Crippen molar-refractivity contribution in [3.63, 3.8) is 0 Å². The summed E-state index contributed by atoms with van der Waals surface area (Å²) < 4.78 is 0.800. The zero-order chi connectivity index (χ0) is 14.5. The van der Waals surface area contributed by atoms with Gasteiger partial charge in [0.2, 0.25) is 0 Å². The molecule has 0 radical (unpaired) electrons. The highest BCUT2D eigenvalue weighted by Crippen LogP contribution is 2.16. The molecule has 3 N–H and O–H groups in total. The number of aromatic hydroxyl groups is 1. The smallest absolute Gasteiger partial charge is 0.314 e. The molecule has 2 aromatic carbocycles. The number of amides is 2. The van der Waals surface area contributed by atoms with Gasteiger partial charge < -0.3 is 15.7 Å². The van der Waals surface area contributed by atoms with Crippen LogP contribution in [0.1, 0.15) is 0 Å². The SMILES string of the molecule is O=C(Nc1ccc(O)cc1)C(=O)Nc1cccc(Br)c1. The predicted octanol–water partition coefficient (Wildman–Crippen LogP) is 2.73. The molecule has 0 saturated carbocycles. The summed E-state index contributed by atoms with van der Waals surface area (Å²) in [6.07, 6.45) is 0. The van der Waals surface area contributed by atoms with E-state index >= 15 is 0 Å². The van der Waals surface area contributed by atoms with Gasteiger partial charge in [0.25, 0.3) is 0 Å². The normalized spacial score (nSPS) is 9.85. The van der Waals surface area contributed by atoms with Crippen LogP contribution in [0.25, 0.3) is 0 Å². The zero-order valence-electron chi connectivity index (χ0n) is 10.3. The Labute approximate surface area is 123 Å². The molecule has 0 unspecified atom stereocenters. The Morgan fingerprint density at radius 2 is 1.50 bits per heavy atom. The summed E-state index contributed by atoms with van der Waals surface area (Å²) in [4.78, 5) is 23.4. The number of phenols is 1. The summed E-state index contributed by atoms with van der Waals surface area (Å²) >= 11 is 3.27. The summed E-state index contributed by atoms with van der Waals surface area (Å²) in [5.74, 6) is -1.46. The second-order valence-electron chi connectivity index (χ2n) is 3.97. The maximum Gasteiger partial charge on any atom is 0.314 e. The van der Waals surface area contributed by atoms with Crippen molar-refractivity contribution in [1.82, 2.24) is 0 Å². The van der Waals surface area contributed by atoms with Gasteiger partial charge in [-0.05, 0) is 42.5 Å². The number of hydrogen-bond acceptors (Lipinski definition) is 3. The Morgan fingerprint density at radius 3 is 2.10 bits per heavy atom. The van der Waals surface area contributed by atoms with Gasteiger partial charge in [-0.3, -0.25) is 9.59 Å². The Hall–Kier alpha value is -2.34. The standard InChI is InChI=1S/C14H11BrN2O3/c15-9-2-1-3-11(8-9)17-14(20)13(19)16-10-4-6-12(18)7-5-10/h1-8,18H,(H,16,19)(H,17,20). The molecule has 0 aliphatic rings. The van der Waals surface area contributed by atoms with Crippen molar-refractivity contribution < 1.29 is 14.7 Å². The van der Waals surface area contributed by atoms with Crippen molar-refractivity contribution >= 4 is 39.1 Å². The number of anilines is 2. The summed E-state index contributed by atoms with van der Waals surface area (Å²) in [5, 5.41) is 14.0. The minimum atomic E-state index is -0.782. The van der Waals surface area contributed by atoms with E-state index in [4.69, 9.17) is 5.11 Å². The largest absolute Gasteiger partial charge is 0.508 e. The maximum absolute atomic E-state index is 11.7. The Kier molecular flexibility index (Phi) is 4.37. The van der Waals surface area contributed by atoms with Crippen molar-refractivity contribution in [2.24, 2.45) is 0 Å². The van der Waals surface area contributed by atoms with Crippen LogP contribution in [-0.4, -0.2) is 16.9 Å². The summed E-state index contributed by atoms with van der Waals surface area (Å²) in [5.41, 5.74) is 0.947. The highest BCUT2D eigenvalue weighted by Gasteiger charge is 2.14. The fourth-order valence-corrected chi connectivity index (χ4v) is 1.89. The van der Waals surface area contributed by atoms with E-state index in [2.05, 4.69) is 26.6 Å². The van der Waals surface area contributed by atoms with E-state index in [0.29, 0.717) is 11.4 Å². The lowest BCUT2D eigenvalue weighted by atomic mass is 10.3. The number of hydrogen-bond donors (Lipinski definition) is 3.